The van der Waals surface area contributed by atoms with Crippen LogP contribution < -0.4 is 5.32 Å². The van der Waals surface area contributed by atoms with Gasteiger partial charge in [0.2, 0.25) is 0 Å². The van der Waals surface area contributed by atoms with Crippen LogP contribution in [0.4, 0.5) is 10.5 Å². The van der Waals surface area contributed by atoms with E-state index in [0.717, 1.165) is 11.3 Å². The maximum Gasteiger partial charge on any atom is 0.283 e. The summed E-state index contributed by atoms with van der Waals surface area (Å²) in [5, 5.41) is 2.85. The van der Waals surface area contributed by atoms with Crippen LogP contribution in [0.25, 0.3) is 0 Å². The van der Waals surface area contributed by atoms with Crippen molar-refractivity contribution in [2.24, 2.45) is 0 Å². The largest absolute Gasteiger partial charge is 0.317 e. The molecule has 0 spiro atoms. The summed E-state index contributed by atoms with van der Waals surface area (Å²) in [7, 11) is 0. The van der Waals surface area contributed by atoms with Crippen LogP contribution in [0.3, 0.4) is 0 Å². The Balaban J connectivity index is 1.87. The van der Waals surface area contributed by atoms with Gasteiger partial charge in [-0.25, -0.2) is 0 Å². The van der Waals surface area contributed by atoms with E-state index in [4.69, 9.17) is 0 Å². The molecule has 2 aromatic rings. The highest BCUT2D eigenvalue weighted by Gasteiger charge is 2.13. The first kappa shape index (κ1) is 15.6. The number of rotatable bonds is 3. The number of benzene rings is 2. The monoisotopic (exact) mass is 299 g/mol. The number of hydrogen-bond donors (Lipinski definition) is 1. The fourth-order valence-electron chi connectivity index (χ4n) is 1.93. The molecular weight excluding hydrogens is 278 g/mol. The van der Waals surface area contributed by atoms with Crippen molar-refractivity contribution in [3.05, 3.63) is 65.7 Å². The van der Waals surface area contributed by atoms with Gasteiger partial charge in [-0.15, -0.1) is 0 Å². The standard InChI is InChI=1S/C18H21NOS/c1-18(2,3)15-11-9-14(10-12-15)13-21-17(20)19-16-7-5-4-6-8-16/h4-12H,13H2,1-3H3,(H,19,20). The lowest BCUT2D eigenvalue weighted by atomic mass is 9.87. The van der Waals surface area contributed by atoms with Crippen LogP contribution >= 0.6 is 11.8 Å². The van der Waals surface area contributed by atoms with Crippen molar-refractivity contribution in [2.45, 2.75) is 31.9 Å². The maximum absolute atomic E-state index is 11.9. The third kappa shape index (κ3) is 4.94. The molecule has 0 saturated heterocycles. The van der Waals surface area contributed by atoms with Gasteiger partial charge in [0, 0.05) is 11.4 Å². The highest BCUT2D eigenvalue weighted by molar-refractivity contribution is 8.13. The number of para-hydroxylation sites is 1. The molecule has 0 saturated carbocycles. The van der Waals surface area contributed by atoms with Gasteiger partial charge < -0.3 is 5.32 Å². The van der Waals surface area contributed by atoms with Crippen LogP contribution in [0, 0.1) is 0 Å². The molecule has 0 aliphatic rings. The Hall–Kier alpha value is -1.74. The Bertz CT molecular complexity index is 585. The van der Waals surface area contributed by atoms with Crippen LogP contribution in [-0.2, 0) is 11.2 Å². The minimum atomic E-state index is -0.0268. The molecule has 0 radical (unpaired) electrons. The summed E-state index contributed by atoms with van der Waals surface area (Å²) < 4.78 is 0. The van der Waals surface area contributed by atoms with Gasteiger partial charge in [-0.2, -0.15) is 0 Å². The fourth-order valence-corrected chi connectivity index (χ4v) is 2.61. The molecule has 0 heterocycles. The zero-order chi connectivity index (χ0) is 15.3. The van der Waals surface area contributed by atoms with Gasteiger partial charge >= 0.3 is 0 Å². The Labute approximate surface area is 131 Å². The average Bonchev–Trinajstić information content (AvgIpc) is 2.46. The molecule has 0 aromatic heterocycles. The van der Waals surface area contributed by atoms with E-state index in [-0.39, 0.29) is 10.7 Å². The van der Waals surface area contributed by atoms with Crippen molar-refractivity contribution in [1.29, 1.82) is 0 Å². The number of nitrogens with one attached hydrogen (secondary N) is 1. The lowest BCUT2D eigenvalue weighted by Crippen LogP contribution is -2.10. The average molecular weight is 299 g/mol. The van der Waals surface area contributed by atoms with Gasteiger partial charge in [0.05, 0.1) is 0 Å². The molecule has 0 unspecified atom stereocenters. The molecule has 21 heavy (non-hydrogen) atoms. The second kappa shape index (κ2) is 6.81. The summed E-state index contributed by atoms with van der Waals surface area (Å²) in [5.41, 5.74) is 3.47. The summed E-state index contributed by atoms with van der Waals surface area (Å²) in [5.74, 6) is 0.684. The number of thioether (sulfide) groups is 1. The summed E-state index contributed by atoms with van der Waals surface area (Å²) >= 11 is 1.29. The normalized spacial score (nSPS) is 11.2. The summed E-state index contributed by atoms with van der Waals surface area (Å²) in [6, 6.07) is 18.0. The summed E-state index contributed by atoms with van der Waals surface area (Å²) in [4.78, 5) is 11.9. The number of carbonyl (C=O) groups is 1. The first-order chi connectivity index (χ1) is 9.95. The van der Waals surface area contributed by atoms with E-state index in [1.54, 1.807) is 0 Å². The Morgan fingerprint density at radius 2 is 1.62 bits per heavy atom. The van der Waals surface area contributed by atoms with Crippen LogP contribution in [0.2, 0.25) is 0 Å². The molecular formula is C18H21NOS. The Morgan fingerprint density at radius 3 is 2.19 bits per heavy atom. The molecule has 3 heteroatoms. The first-order valence-corrected chi connectivity index (χ1v) is 8.02. The van der Waals surface area contributed by atoms with Crippen molar-refractivity contribution in [3.63, 3.8) is 0 Å². The smallest absolute Gasteiger partial charge is 0.283 e. The molecule has 2 nitrogen and oxygen atoms in total. The van der Waals surface area contributed by atoms with Gasteiger partial charge in [-0.1, -0.05) is 75.0 Å². The van der Waals surface area contributed by atoms with E-state index in [2.05, 4.69) is 50.4 Å². The molecule has 2 rings (SSSR count). The van der Waals surface area contributed by atoms with Gasteiger partial charge in [0.15, 0.2) is 0 Å². The van der Waals surface area contributed by atoms with Gasteiger partial charge in [-0.05, 0) is 28.7 Å². The topological polar surface area (TPSA) is 29.1 Å². The second-order valence-corrected chi connectivity index (χ2v) is 6.96. The van der Waals surface area contributed by atoms with Crippen LogP contribution in [0.5, 0.6) is 0 Å². The van der Waals surface area contributed by atoms with Crippen molar-refractivity contribution in [2.75, 3.05) is 5.32 Å². The minimum absolute atomic E-state index is 0.0268. The van der Waals surface area contributed by atoms with E-state index in [1.165, 1.54) is 17.3 Å². The summed E-state index contributed by atoms with van der Waals surface area (Å²) in [6.07, 6.45) is 0. The second-order valence-electron chi connectivity index (χ2n) is 6.01. The van der Waals surface area contributed by atoms with E-state index >= 15 is 0 Å². The van der Waals surface area contributed by atoms with E-state index in [0.29, 0.717) is 5.75 Å². The number of anilines is 1. The molecule has 110 valence electrons. The quantitative estimate of drug-likeness (QED) is 0.816. The van der Waals surface area contributed by atoms with Gasteiger partial charge in [0.25, 0.3) is 5.24 Å². The van der Waals surface area contributed by atoms with Crippen molar-refractivity contribution in [1.82, 2.24) is 0 Å². The zero-order valence-electron chi connectivity index (χ0n) is 12.7. The van der Waals surface area contributed by atoms with Gasteiger partial charge in [-0.3, -0.25) is 4.79 Å². The summed E-state index contributed by atoms with van der Waals surface area (Å²) in [6.45, 7) is 6.60. The van der Waals surface area contributed by atoms with Gasteiger partial charge in [0.1, 0.15) is 0 Å². The third-order valence-electron chi connectivity index (χ3n) is 3.21. The van der Waals surface area contributed by atoms with Crippen molar-refractivity contribution < 1.29 is 4.79 Å². The Kier molecular flexibility index (Phi) is 5.07. The maximum atomic E-state index is 11.9. The Morgan fingerprint density at radius 1 is 1.00 bits per heavy atom. The number of carbonyl (C=O) groups excluding carboxylic acids is 1. The van der Waals surface area contributed by atoms with Crippen LogP contribution in [0.1, 0.15) is 31.9 Å². The molecule has 2 aromatic carbocycles. The third-order valence-corrected chi connectivity index (χ3v) is 4.05. The molecule has 1 N–H and O–H groups in total. The number of hydrogen-bond acceptors (Lipinski definition) is 2. The molecule has 0 atom stereocenters. The predicted molar refractivity (Wildman–Crippen MR) is 91.9 cm³/mol. The first-order valence-electron chi connectivity index (χ1n) is 7.03. The predicted octanol–water partition coefficient (Wildman–Crippen LogP) is 5.45. The highest BCUT2D eigenvalue weighted by atomic mass is 32.2. The lowest BCUT2D eigenvalue weighted by molar-refractivity contribution is 0.269. The SMILES string of the molecule is CC(C)(C)c1ccc(CSC(=O)Nc2ccccc2)cc1. The molecule has 0 aliphatic carbocycles. The van der Waals surface area contributed by atoms with E-state index < -0.39 is 0 Å². The molecule has 0 aliphatic heterocycles. The molecule has 0 fully saturated rings. The minimum Gasteiger partial charge on any atom is -0.317 e. The fraction of sp³-hybridized carbons (Fsp3) is 0.278. The van der Waals surface area contributed by atoms with Crippen molar-refractivity contribution in [3.8, 4) is 0 Å². The lowest BCUT2D eigenvalue weighted by Gasteiger charge is -2.19. The number of amides is 1. The molecule has 0 bridgehead atoms. The van der Waals surface area contributed by atoms with E-state index in [9.17, 15) is 4.79 Å². The van der Waals surface area contributed by atoms with Crippen LogP contribution in [-0.4, -0.2) is 5.24 Å². The van der Waals surface area contributed by atoms with Crippen molar-refractivity contribution >= 4 is 22.7 Å². The highest BCUT2D eigenvalue weighted by Crippen LogP contribution is 2.23. The van der Waals surface area contributed by atoms with E-state index in [1.807, 2.05) is 30.3 Å². The molecule has 1 amide bonds. The van der Waals surface area contributed by atoms with Crippen LogP contribution in [0.15, 0.2) is 54.6 Å². The zero-order valence-corrected chi connectivity index (χ0v) is 13.5.